The van der Waals surface area contributed by atoms with Crippen molar-refractivity contribution in [3.63, 3.8) is 0 Å². The van der Waals surface area contributed by atoms with Crippen molar-refractivity contribution in [2.24, 2.45) is 29.6 Å². The lowest BCUT2D eigenvalue weighted by atomic mass is 9.72. The first-order valence-electron chi connectivity index (χ1n) is 25.0. The van der Waals surface area contributed by atoms with Gasteiger partial charge in [-0.2, -0.15) is 0 Å². The van der Waals surface area contributed by atoms with E-state index < -0.39 is 111 Å². The van der Waals surface area contributed by atoms with Crippen molar-refractivity contribution in [3.8, 4) is 0 Å². The molecule has 0 aliphatic carbocycles. The Hall–Kier alpha value is -3.37. The number of hydrogen-bond donors (Lipinski definition) is 4. The zero-order chi connectivity index (χ0) is 53.5. The van der Waals surface area contributed by atoms with E-state index in [2.05, 4.69) is 20.3 Å². The highest BCUT2D eigenvalue weighted by molar-refractivity contribution is 14.1. The average Bonchev–Trinajstić information content (AvgIpc) is 3.84. The number of hydrogen-bond acceptors (Lipinski definition) is 21. The molecule has 5 N–H and O–H groups in total. The molecule has 4 fully saturated rings. The van der Waals surface area contributed by atoms with E-state index in [-0.39, 0.29) is 36.6 Å². The maximum Gasteiger partial charge on any atom is 0.320 e. The number of cyclic esters (lactones) is 1. The molecule has 4 saturated heterocycles. The van der Waals surface area contributed by atoms with Crippen LogP contribution in [0.3, 0.4) is 0 Å². The van der Waals surface area contributed by atoms with E-state index in [1.807, 2.05) is 79.9 Å². The van der Waals surface area contributed by atoms with Gasteiger partial charge in [0.1, 0.15) is 29.6 Å². The van der Waals surface area contributed by atoms with Crippen LogP contribution >= 0.6 is 34.4 Å². The number of thioether (sulfide) groups is 1. The normalized spacial score (nSPS) is 40.0. The molecule has 3 aromatic heterocycles. The van der Waals surface area contributed by atoms with Crippen molar-refractivity contribution in [3.05, 3.63) is 30.9 Å². The van der Waals surface area contributed by atoms with Crippen molar-refractivity contribution in [1.29, 1.82) is 0 Å². The molecule has 3 aromatic rings. The monoisotopic (exact) mass is 1150 g/mol. The molecule has 0 spiro atoms. The number of nitrogens with two attached hydrogens (primary N) is 1. The molecule has 4 aliphatic heterocycles. The molecule has 73 heavy (non-hydrogen) atoms. The average molecular weight is 1160 g/mol. The summed E-state index contributed by atoms with van der Waals surface area (Å²) in [6.07, 6.45) is -1.80. The van der Waals surface area contributed by atoms with Gasteiger partial charge < -0.3 is 64.1 Å². The van der Waals surface area contributed by atoms with Crippen LogP contribution in [0.1, 0.15) is 81.6 Å². The SMILES string of the molecule is CO[C@]1(C)C[C@@H](C)C(=O)[C@H](C)[C@H]2[C@H](SCCn3c(Nc4cccnc4)nc4c(N)ncnc43)C(=O)O[C@]2(C)[C@@H](I)OC(=O)[C@H](C)[C@@H](O[C@H]2C[C@@](C)(OC)[C@@H](O)[C@H](C)O2)[C@H](C)[C@H]1O[C@@H]1O[C@H](C)C[C@H](N(C)C)[C@H]1O. The molecule has 0 unspecified atom stereocenters. The number of Topliss-reactive ketones (excluding diaryl/α,β-unsaturated/α-hetero) is 1. The number of aliphatic hydroxyl groups is 2. The van der Waals surface area contributed by atoms with E-state index in [4.69, 9.17) is 48.6 Å². The van der Waals surface area contributed by atoms with Crippen LogP contribution in [0, 0.1) is 29.6 Å². The van der Waals surface area contributed by atoms with Gasteiger partial charge in [-0.3, -0.25) is 23.9 Å². The van der Waals surface area contributed by atoms with Crippen LogP contribution in [-0.4, -0.2) is 173 Å². The molecule has 23 heteroatoms. The number of ether oxygens (including phenoxy) is 8. The number of imidazole rings is 1. The van der Waals surface area contributed by atoms with E-state index in [1.165, 1.54) is 32.3 Å². The van der Waals surface area contributed by atoms with Crippen LogP contribution in [0.4, 0.5) is 17.5 Å². The number of carbonyl (C=O) groups excluding carboxylic acids is 3. The molecule has 0 amide bonds. The zero-order valence-electron chi connectivity index (χ0n) is 44.1. The maximum atomic E-state index is 15.2. The number of methoxy groups -OCH3 is 2. The Labute approximate surface area is 445 Å². The topological polar surface area (TPSA) is 263 Å². The summed E-state index contributed by atoms with van der Waals surface area (Å²) in [5.74, 6) is -4.51. The van der Waals surface area contributed by atoms with Crippen molar-refractivity contribution in [2.45, 2.75) is 170 Å². The zero-order valence-corrected chi connectivity index (χ0v) is 47.1. The number of pyridine rings is 1. The minimum Gasteiger partial charge on any atom is -0.453 e. The number of alkyl halides is 1. The van der Waals surface area contributed by atoms with Crippen molar-refractivity contribution in [2.75, 3.05) is 45.1 Å². The van der Waals surface area contributed by atoms with Gasteiger partial charge in [0.05, 0.1) is 53.4 Å². The number of ketones is 1. The van der Waals surface area contributed by atoms with Gasteiger partial charge in [0, 0.05) is 68.8 Å². The summed E-state index contributed by atoms with van der Waals surface area (Å²) in [7, 11) is 6.82. The number of nitrogens with one attached hydrogen (secondary N) is 1. The summed E-state index contributed by atoms with van der Waals surface area (Å²) >= 11 is 3.32. The van der Waals surface area contributed by atoms with Gasteiger partial charge in [-0.05, 0) is 103 Å². The fourth-order valence-corrected chi connectivity index (χ4v) is 13.6. The largest absolute Gasteiger partial charge is 0.453 e. The predicted octanol–water partition coefficient (Wildman–Crippen LogP) is 4.90. The second-order valence-electron chi connectivity index (χ2n) is 21.2. The quantitative estimate of drug-likeness (QED) is 0.101. The van der Waals surface area contributed by atoms with Gasteiger partial charge in [-0.15, -0.1) is 11.8 Å². The smallest absolute Gasteiger partial charge is 0.320 e. The number of nitrogens with zero attached hydrogens (tertiary/aromatic N) is 6. The lowest BCUT2D eigenvalue weighted by Gasteiger charge is -2.49. The Morgan fingerprint density at radius 1 is 0.973 bits per heavy atom. The number of carbonyl (C=O) groups is 3. The molecule has 0 saturated carbocycles. The highest BCUT2D eigenvalue weighted by Gasteiger charge is 2.62. The standard InChI is InChI=1S/C50H75IN8O13S/c1-24-20-49(8,66-13)40(70-45-36(61)31(58(10)11)19-25(2)67-45)27(4)37(69-32-21-48(7,65-12)39(62)29(6)68-32)28(5)43(63)71-46(51)50(9)33(26(3)35(24)60)38(44(64)72-50)73-18-17-59-42-34(41(52)54-23-55-42)57-47(59)56-30-15-14-16-53-22-30/h14-16,22-29,31-33,36-40,45-46,61-62H,17-21H2,1-13H3,(H,56,57)(H2,52,54,55)/t24-,25-,26-,27+,28-,29+,31+,32+,33+,36-,37+,38+,39+,40-,45+,46+,48-,49-,50+/m1/s1. The molecule has 4 aliphatic rings. The van der Waals surface area contributed by atoms with E-state index in [9.17, 15) is 19.8 Å². The van der Waals surface area contributed by atoms with Gasteiger partial charge >= 0.3 is 11.9 Å². The minimum atomic E-state index is -1.48. The van der Waals surface area contributed by atoms with E-state index >= 15 is 4.79 Å². The molecule has 0 bridgehead atoms. The third-order valence-corrected chi connectivity index (χ3v) is 18.5. The van der Waals surface area contributed by atoms with Gasteiger partial charge in [0.15, 0.2) is 39.3 Å². The summed E-state index contributed by atoms with van der Waals surface area (Å²) in [6.45, 7) is 16.5. The van der Waals surface area contributed by atoms with Crippen LogP contribution in [0.25, 0.3) is 11.2 Å². The van der Waals surface area contributed by atoms with E-state index in [0.29, 0.717) is 41.5 Å². The van der Waals surface area contributed by atoms with Crippen LogP contribution in [0.5, 0.6) is 0 Å². The van der Waals surface area contributed by atoms with Gasteiger partial charge in [-0.25, -0.2) is 15.0 Å². The highest BCUT2D eigenvalue weighted by Crippen LogP contribution is 2.50. The summed E-state index contributed by atoms with van der Waals surface area (Å²) in [6, 6.07) is 3.32. The summed E-state index contributed by atoms with van der Waals surface area (Å²) in [5.41, 5.74) is 3.96. The summed E-state index contributed by atoms with van der Waals surface area (Å²) in [4.78, 5) is 64.0. The second-order valence-corrected chi connectivity index (χ2v) is 23.6. The lowest BCUT2D eigenvalue weighted by Crippen LogP contribution is -2.61. The van der Waals surface area contributed by atoms with E-state index in [1.54, 1.807) is 53.1 Å². The lowest BCUT2D eigenvalue weighted by molar-refractivity contribution is -0.319. The molecule has 0 aromatic carbocycles. The number of esters is 2. The van der Waals surface area contributed by atoms with Gasteiger partial charge in [0.25, 0.3) is 0 Å². The maximum absolute atomic E-state index is 15.2. The Balaban J connectivity index is 1.25. The Morgan fingerprint density at radius 2 is 1.68 bits per heavy atom. The fraction of sp³-hybridized carbons (Fsp3) is 0.740. The van der Waals surface area contributed by atoms with Crippen LogP contribution in [-0.2, 0) is 58.8 Å². The van der Waals surface area contributed by atoms with Crippen molar-refractivity contribution >= 4 is 80.7 Å². The third kappa shape index (κ3) is 11.7. The van der Waals surface area contributed by atoms with Crippen LogP contribution < -0.4 is 11.1 Å². The summed E-state index contributed by atoms with van der Waals surface area (Å²) < 4.78 is 52.4. The number of aliphatic hydroxyl groups excluding tert-OH is 2. The number of rotatable bonds is 13. The van der Waals surface area contributed by atoms with Crippen molar-refractivity contribution in [1.82, 2.24) is 29.4 Å². The van der Waals surface area contributed by atoms with Gasteiger partial charge in [-0.1, -0.05) is 20.8 Å². The molecule has 0 radical (unpaired) electrons. The number of nitrogen functional groups attached to an aromatic ring is 1. The molecular formula is C50H75IN8O13S. The fourth-order valence-electron chi connectivity index (χ4n) is 11.4. The number of aromatic nitrogens is 5. The second kappa shape index (κ2) is 23.1. The van der Waals surface area contributed by atoms with Crippen molar-refractivity contribution < 1.29 is 62.5 Å². The number of aryl methyl sites for hydroxylation is 1. The Morgan fingerprint density at radius 3 is 2.34 bits per heavy atom. The number of anilines is 3. The molecule has 7 rings (SSSR count). The first-order chi connectivity index (χ1) is 34.4. The molecule has 19 atom stereocenters. The third-order valence-electron chi connectivity index (χ3n) is 15.8. The molecular weight excluding hydrogens is 1080 g/mol. The molecule has 406 valence electrons. The molecule has 7 heterocycles. The summed E-state index contributed by atoms with van der Waals surface area (Å²) in [5, 5.41) is 25.4. The van der Waals surface area contributed by atoms with Crippen LogP contribution in [0.15, 0.2) is 30.9 Å². The Bertz CT molecular complexity index is 2410. The minimum absolute atomic E-state index is 0.105. The van der Waals surface area contributed by atoms with Crippen LogP contribution in [0.2, 0.25) is 0 Å². The molecule has 21 nitrogen and oxygen atoms in total. The van der Waals surface area contributed by atoms with Gasteiger partial charge in [0.2, 0.25) is 5.95 Å². The number of halogens is 1. The predicted molar refractivity (Wildman–Crippen MR) is 280 cm³/mol. The number of fused-ring (bicyclic) bond motifs is 2. The first-order valence-corrected chi connectivity index (χ1v) is 27.3. The van der Waals surface area contributed by atoms with E-state index in [0.717, 1.165) is 0 Å². The first kappa shape index (κ1) is 57.3. The Kier molecular flexibility index (Phi) is 18.1. The number of likely N-dealkylation sites (N-methyl/N-ethyl adjacent to an activating group) is 1. The highest BCUT2D eigenvalue weighted by atomic mass is 127.